The first kappa shape index (κ1) is 6.32. The standard InChI is InChI=1S/CH3B5/c1-5(2)6(3)4/h1H3. The van der Waals surface area contributed by atoms with Gasteiger partial charge in [0.25, 0.3) is 0 Å². The van der Waals surface area contributed by atoms with Crippen molar-refractivity contribution in [1.29, 1.82) is 0 Å². The lowest BCUT2D eigenvalue weighted by molar-refractivity contribution is 2.33. The van der Waals surface area contributed by atoms with Crippen molar-refractivity contribution < 1.29 is 0 Å². The van der Waals surface area contributed by atoms with Crippen molar-refractivity contribution in [3.8, 4) is 0 Å². The molecule has 0 aliphatic carbocycles. The predicted octanol–water partition coefficient (Wildman–Crippen LogP) is -1.32. The molecule has 0 atom stereocenters. The van der Waals surface area contributed by atoms with Crippen molar-refractivity contribution in [3.63, 3.8) is 0 Å². The van der Waals surface area contributed by atoms with Crippen LogP contribution in [-0.2, 0) is 0 Å². The van der Waals surface area contributed by atoms with Crippen LogP contribution in [0.5, 0.6) is 0 Å². The average Bonchev–Trinajstić information content (AvgIpc) is 1.36. The Labute approximate surface area is 43.8 Å². The van der Waals surface area contributed by atoms with Crippen LogP contribution in [-0.4, -0.2) is 36.1 Å². The monoisotopic (exact) mass is 70.1 g/mol. The van der Waals surface area contributed by atoms with Crippen LogP contribution in [0.2, 0.25) is 6.82 Å². The van der Waals surface area contributed by atoms with E-state index in [9.17, 15) is 0 Å². The molecule has 0 aromatic carbocycles. The maximum atomic E-state index is 5.19. The molecule has 5 heteroatoms. The molecule has 0 nitrogen and oxygen atoms in total. The number of hydrogen-bond acceptors (Lipinski definition) is 0. The van der Waals surface area contributed by atoms with E-state index >= 15 is 0 Å². The quantitative estimate of drug-likeness (QED) is 0.335. The second-order valence-corrected chi connectivity index (χ2v) is 1.44. The summed E-state index contributed by atoms with van der Waals surface area (Å²) in [6.45, 7) is 1.68. The zero-order valence-electron chi connectivity index (χ0n) is 3.89. The smallest absolute Gasteiger partial charge is 0.0413 e. The third-order valence-electron chi connectivity index (χ3n) is 0.607. The SMILES string of the molecule is [B]B([B])B([B])C. The van der Waals surface area contributed by atoms with E-state index in [2.05, 4.69) is 0 Å². The van der Waals surface area contributed by atoms with Crippen LogP contribution < -0.4 is 0 Å². The third-order valence-corrected chi connectivity index (χ3v) is 0.607. The van der Waals surface area contributed by atoms with Crippen LogP contribution in [0.15, 0.2) is 0 Å². The molecule has 6 radical (unpaired) electrons. The molecule has 0 saturated heterocycles. The normalized spacial score (nSPS) is 7.50. The first-order valence-electron chi connectivity index (χ1n) is 1.91. The molecule has 0 aliphatic heterocycles. The minimum Gasteiger partial charge on any atom is -0.101 e. The van der Waals surface area contributed by atoms with Crippen LogP contribution in [0, 0.1) is 0 Å². The van der Waals surface area contributed by atoms with Crippen LogP contribution in [0.3, 0.4) is 0 Å². The van der Waals surface area contributed by atoms with Gasteiger partial charge in [0.05, 0.1) is 0 Å². The van der Waals surface area contributed by atoms with Crippen LogP contribution >= 0.6 is 0 Å². The fourth-order valence-corrected chi connectivity index (χ4v) is 0. The Morgan fingerprint density at radius 3 is 1.33 bits per heavy atom. The summed E-state index contributed by atoms with van der Waals surface area (Å²) in [7, 11) is 15.4. The van der Waals surface area contributed by atoms with Gasteiger partial charge in [-0.3, -0.25) is 0 Å². The van der Waals surface area contributed by atoms with Crippen LogP contribution in [0.25, 0.3) is 0 Å². The Morgan fingerprint density at radius 2 is 1.33 bits per heavy atom. The molecule has 0 aromatic heterocycles. The maximum Gasteiger partial charge on any atom is 0.0413 e. The van der Waals surface area contributed by atoms with Crippen LogP contribution in [0.1, 0.15) is 0 Å². The summed E-state index contributed by atoms with van der Waals surface area (Å²) in [4.78, 5) is 0. The van der Waals surface area contributed by atoms with Crippen LogP contribution in [0.4, 0.5) is 0 Å². The van der Waals surface area contributed by atoms with Gasteiger partial charge in [-0.15, -0.1) is 6.82 Å². The van der Waals surface area contributed by atoms with Crippen molar-refractivity contribution in [2.24, 2.45) is 0 Å². The molecule has 0 heterocycles. The summed E-state index contributed by atoms with van der Waals surface area (Å²) in [5.74, 6) is 0. The Morgan fingerprint density at radius 1 is 1.17 bits per heavy atom. The van der Waals surface area contributed by atoms with Gasteiger partial charge in [0, 0.05) is 36.1 Å². The van der Waals surface area contributed by atoms with Gasteiger partial charge < -0.3 is 0 Å². The zero-order chi connectivity index (χ0) is 5.15. The van der Waals surface area contributed by atoms with E-state index in [4.69, 9.17) is 23.2 Å². The van der Waals surface area contributed by atoms with Gasteiger partial charge in [-0.05, 0) is 0 Å². The van der Waals surface area contributed by atoms with E-state index in [1.165, 1.54) is 0 Å². The van der Waals surface area contributed by atoms with Gasteiger partial charge in [-0.2, -0.15) is 0 Å². The molecule has 0 N–H and O–H groups in total. The third kappa shape index (κ3) is 2.56. The highest BCUT2D eigenvalue weighted by molar-refractivity contribution is 7.66. The number of hydrogen-bond donors (Lipinski definition) is 0. The summed E-state index contributed by atoms with van der Waals surface area (Å²) in [6, 6.07) is 0. The molecule has 0 aromatic rings. The lowest BCUT2D eigenvalue weighted by Gasteiger charge is -1.99. The highest BCUT2D eigenvalue weighted by Crippen LogP contribution is 1.69. The van der Waals surface area contributed by atoms with E-state index in [0.717, 1.165) is 0 Å². The molecular weight excluding hydrogens is 66.1 g/mol. The molecule has 0 aliphatic rings. The summed E-state index contributed by atoms with van der Waals surface area (Å²) in [5, 5.41) is 0. The Hall–Kier alpha value is 0.325. The maximum absolute atomic E-state index is 5.19. The van der Waals surface area contributed by atoms with Gasteiger partial charge in [-0.1, -0.05) is 0 Å². The van der Waals surface area contributed by atoms with Gasteiger partial charge in [0.2, 0.25) is 0 Å². The summed E-state index contributed by atoms with van der Waals surface area (Å²) >= 11 is 0. The van der Waals surface area contributed by atoms with Gasteiger partial charge in [0.15, 0.2) is 0 Å². The van der Waals surface area contributed by atoms with Crippen molar-refractivity contribution >= 4 is 36.1 Å². The predicted molar refractivity (Wildman–Crippen MR) is 34.6 cm³/mol. The number of rotatable bonds is 1. The van der Waals surface area contributed by atoms with Crippen molar-refractivity contribution in [3.05, 3.63) is 0 Å². The topological polar surface area (TPSA) is 0 Å². The second-order valence-electron chi connectivity index (χ2n) is 1.44. The van der Waals surface area contributed by atoms with E-state index in [1.807, 2.05) is 0 Å². The van der Waals surface area contributed by atoms with E-state index in [1.54, 1.807) is 6.82 Å². The summed E-state index contributed by atoms with van der Waals surface area (Å²) in [5.41, 5.74) is 0. The highest BCUT2D eigenvalue weighted by atomic mass is 13.0. The molecular formula is CH3B5. The van der Waals surface area contributed by atoms with E-state index in [0.29, 0.717) is 0 Å². The van der Waals surface area contributed by atoms with E-state index < -0.39 is 0 Å². The molecule has 0 amide bonds. The molecule has 0 rings (SSSR count). The lowest BCUT2D eigenvalue weighted by Crippen LogP contribution is -2.34. The second kappa shape index (κ2) is 2.49. The fourth-order valence-electron chi connectivity index (χ4n) is 0. The van der Waals surface area contributed by atoms with Crippen molar-refractivity contribution in [2.45, 2.75) is 6.82 Å². The molecule has 0 saturated carbocycles. The van der Waals surface area contributed by atoms with Crippen molar-refractivity contribution in [2.75, 3.05) is 0 Å². The van der Waals surface area contributed by atoms with Gasteiger partial charge in [-0.25, -0.2) is 0 Å². The van der Waals surface area contributed by atoms with Gasteiger partial charge >= 0.3 is 0 Å². The van der Waals surface area contributed by atoms with Gasteiger partial charge in [0.1, 0.15) is 0 Å². The first-order valence-corrected chi connectivity index (χ1v) is 1.91. The Bertz CT molecular complexity index is 24.9. The Kier molecular flexibility index (Phi) is 2.62. The zero-order valence-corrected chi connectivity index (χ0v) is 3.89. The van der Waals surface area contributed by atoms with Crippen molar-refractivity contribution in [1.82, 2.24) is 0 Å². The fraction of sp³-hybridized carbons (Fsp3) is 1.00. The highest BCUT2D eigenvalue weighted by Gasteiger charge is 2.01. The minimum absolute atomic E-state index is 0.0926. The molecule has 0 bridgehead atoms. The average molecular weight is 69.1 g/mol. The largest absolute Gasteiger partial charge is 0.101 e. The van der Waals surface area contributed by atoms with E-state index in [-0.39, 0.29) is 12.9 Å². The molecule has 22 valence electrons. The molecule has 0 fully saturated rings. The summed E-state index contributed by atoms with van der Waals surface area (Å²) in [6.07, 6.45) is -0.370. The molecule has 0 spiro atoms. The molecule has 6 heavy (non-hydrogen) atoms. The summed E-state index contributed by atoms with van der Waals surface area (Å²) < 4.78 is 0. The lowest BCUT2D eigenvalue weighted by atomic mass is 8.87. The Balaban J connectivity index is 2.99. The molecule has 0 unspecified atom stereocenters. The first-order chi connectivity index (χ1) is 2.64. The minimum atomic E-state index is -0.370.